The van der Waals surface area contributed by atoms with Gasteiger partial charge in [-0.3, -0.25) is 4.90 Å². The van der Waals surface area contributed by atoms with Gasteiger partial charge in [0.1, 0.15) is 5.75 Å². The number of aryl methyl sites for hydroxylation is 1. The lowest BCUT2D eigenvalue weighted by Crippen LogP contribution is -2.34. The van der Waals surface area contributed by atoms with Crippen molar-refractivity contribution < 1.29 is 14.6 Å². The molecule has 0 aliphatic rings. The van der Waals surface area contributed by atoms with Crippen LogP contribution in [-0.4, -0.2) is 45.6 Å². The van der Waals surface area contributed by atoms with E-state index in [1.54, 1.807) is 0 Å². The van der Waals surface area contributed by atoms with Crippen LogP contribution < -0.4 is 4.74 Å². The first kappa shape index (κ1) is 25.6. The van der Waals surface area contributed by atoms with Crippen molar-refractivity contribution in [2.45, 2.75) is 39.5 Å². The van der Waals surface area contributed by atoms with Crippen molar-refractivity contribution in [2.24, 2.45) is 0 Å². The predicted molar refractivity (Wildman–Crippen MR) is 143 cm³/mol. The molecule has 0 saturated carbocycles. The first-order valence-corrected chi connectivity index (χ1v) is 12.6. The van der Waals surface area contributed by atoms with Gasteiger partial charge >= 0.3 is 0 Å². The average molecular weight is 486 g/mol. The number of hydrogen-bond donors (Lipinski definition) is 1. The maximum Gasteiger partial charge on any atom is 0.227 e. The maximum absolute atomic E-state index is 10.7. The highest BCUT2D eigenvalue weighted by Gasteiger charge is 2.24. The Labute approximate surface area is 213 Å². The van der Waals surface area contributed by atoms with Crippen LogP contribution in [0.1, 0.15) is 30.7 Å². The van der Waals surface area contributed by atoms with Crippen LogP contribution in [-0.2, 0) is 24.2 Å². The molecule has 6 nitrogen and oxygen atoms in total. The van der Waals surface area contributed by atoms with E-state index in [0.29, 0.717) is 38.7 Å². The van der Waals surface area contributed by atoms with E-state index in [1.807, 2.05) is 90.5 Å². The second-order valence-electron chi connectivity index (χ2n) is 8.71. The minimum Gasteiger partial charge on any atom is -0.439 e. The summed E-state index contributed by atoms with van der Waals surface area (Å²) < 4.78 is 13.9. The molecule has 36 heavy (non-hydrogen) atoms. The quantitative estimate of drug-likeness (QED) is 0.266. The summed E-state index contributed by atoms with van der Waals surface area (Å²) in [5, 5.41) is 15.7. The van der Waals surface area contributed by atoms with Crippen molar-refractivity contribution in [3.05, 3.63) is 108 Å². The standard InChI is InChI=1S/C30H35N3O3/c1-3-29-28(22-32(21-26(34)23-35-4-2)20-24-14-8-5-9-15-24)30(36-27-18-12-7-13-19-27)33(31-29)25-16-10-6-11-17-25/h5-19,26,34H,3-4,20-23H2,1-2H3. The summed E-state index contributed by atoms with van der Waals surface area (Å²) in [4.78, 5) is 2.24. The predicted octanol–water partition coefficient (Wildman–Crippen LogP) is 5.63. The van der Waals surface area contributed by atoms with E-state index in [9.17, 15) is 5.11 Å². The lowest BCUT2D eigenvalue weighted by Gasteiger charge is -2.25. The van der Waals surface area contributed by atoms with Crippen molar-refractivity contribution in [3.8, 4) is 17.3 Å². The molecular formula is C30H35N3O3. The first-order valence-electron chi connectivity index (χ1n) is 12.6. The van der Waals surface area contributed by atoms with Gasteiger partial charge in [0.15, 0.2) is 0 Å². The minimum absolute atomic E-state index is 0.305. The van der Waals surface area contributed by atoms with E-state index in [2.05, 4.69) is 24.0 Å². The fraction of sp³-hybridized carbons (Fsp3) is 0.300. The Morgan fingerprint density at radius 2 is 1.50 bits per heavy atom. The van der Waals surface area contributed by atoms with Gasteiger partial charge < -0.3 is 14.6 Å². The van der Waals surface area contributed by atoms with Crippen LogP contribution in [0.3, 0.4) is 0 Å². The molecule has 0 radical (unpaired) electrons. The van der Waals surface area contributed by atoms with E-state index in [-0.39, 0.29) is 0 Å². The number of para-hydroxylation sites is 2. The Bertz CT molecular complexity index is 1180. The molecule has 0 aliphatic heterocycles. The molecule has 188 valence electrons. The largest absolute Gasteiger partial charge is 0.439 e. The third-order valence-electron chi connectivity index (χ3n) is 5.93. The van der Waals surface area contributed by atoms with Gasteiger partial charge in [-0.05, 0) is 43.2 Å². The number of ether oxygens (including phenoxy) is 2. The summed E-state index contributed by atoms with van der Waals surface area (Å²) in [7, 11) is 0. The van der Waals surface area contributed by atoms with Crippen molar-refractivity contribution in [1.82, 2.24) is 14.7 Å². The Balaban J connectivity index is 1.72. The first-order chi connectivity index (χ1) is 17.7. The van der Waals surface area contributed by atoms with Crippen LogP contribution >= 0.6 is 0 Å². The number of aliphatic hydroxyl groups is 1. The average Bonchev–Trinajstić information content (AvgIpc) is 3.25. The highest BCUT2D eigenvalue weighted by atomic mass is 16.5. The zero-order valence-electron chi connectivity index (χ0n) is 21.1. The van der Waals surface area contributed by atoms with E-state index in [1.165, 1.54) is 5.56 Å². The zero-order chi connectivity index (χ0) is 25.2. The Hall–Kier alpha value is -3.45. The second kappa shape index (κ2) is 13.0. The van der Waals surface area contributed by atoms with Crippen LogP contribution in [0.15, 0.2) is 91.0 Å². The molecule has 0 amide bonds. The van der Waals surface area contributed by atoms with Crippen molar-refractivity contribution in [2.75, 3.05) is 19.8 Å². The molecule has 0 aliphatic carbocycles. The molecule has 0 saturated heterocycles. The molecule has 0 spiro atoms. The fourth-order valence-electron chi connectivity index (χ4n) is 4.22. The highest BCUT2D eigenvalue weighted by Crippen LogP contribution is 2.32. The third kappa shape index (κ3) is 6.82. The van der Waals surface area contributed by atoms with E-state index in [4.69, 9.17) is 14.6 Å². The Kier molecular flexibility index (Phi) is 9.27. The van der Waals surface area contributed by atoms with Crippen molar-refractivity contribution >= 4 is 0 Å². The van der Waals surface area contributed by atoms with Gasteiger partial charge in [0.2, 0.25) is 5.88 Å². The minimum atomic E-state index is -0.596. The molecule has 1 N–H and O–H groups in total. The monoisotopic (exact) mass is 485 g/mol. The maximum atomic E-state index is 10.7. The molecule has 0 bridgehead atoms. The Morgan fingerprint density at radius 1 is 0.861 bits per heavy atom. The summed E-state index contributed by atoms with van der Waals surface area (Å²) in [5.41, 5.74) is 4.11. The fourth-order valence-corrected chi connectivity index (χ4v) is 4.22. The van der Waals surface area contributed by atoms with Crippen molar-refractivity contribution in [3.63, 3.8) is 0 Å². The number of nitrogens with zero attached hydrogens (tertiary/aromatic N) is 3. The SMILES string of the molecule is CCOCC(O)CN(Cc1ccccc1)Cc1c(CC)nn(-c2ccccc2)c1Oc1ccccc1. The van der Waals surface area contributed by atoms with Crippen molar-refractivity contribution in [1.29, 1.82) is 0 Å². The van der Waals surface area contributed by atoms with Gasteiger partial charge in [-0.2, -0.15) is 5.10 Å². The molecule has 1 atom stereocenters. The lowest BCUT2D eigenvalue weighted by molar-refractivity contribution is 0.0178. The molecular weight excluding hydrogens is 450 g/mol. The van der Waals surface area contributed by atoms with Gasteiger partial charge in [0, 0.05) is 26.2 Å². The summed E-state index contributed by atoms with van der Waals surface area (Å²) >= 11 is 0. The summed E-state index contributed by atoms with van der Waals surface area (Å²) in [5.74, 6) is 1.45. The number of rotatable bonds is 13. The molecule has 1 heterocycles. The van der Waals surface area contributed by atoms with Gasteiger partial charge in [0.05, 0.1) is 29.7 Å². The van der Waals surface area contributed by atoms with Crippen LogP contribution in [0.2, 0.25) is 0 Å². The molecule has 6 heteroatoms. The van der Waals surface area contributed by atoms with E-state index >= 15 is 0 Å². The smallest absolute Gasteiger partial charge is 0.227 e. The number of aromatic nitrogens is 2. The van der Waals surface area contributed by atoms with Gasteiger partial charge in [-0.25, -0.2) is 4.68 Å². The van der Waals surface area contributed by atoms with Crippen LogP contribution in [0.25, 0.3) is 5.69 Å². The van der Waals surface area contributed by atoms with Gasteiger partial charge in [0.25, 0.3) is 0 Å². The molecule has 1 unspecified atom stereocenters. The third-order valence-corrected chi connectivity index (χ3v) is 5.93. The number of aliphatic hydroxyl groups excluding tert-OH is 1. The normalized spacial score (nSPS) is 12.1. The number of benzene rings is 3. The second-order valence-corrected chi connectivity index (χ2v) is 8.71. The van der Waals surface area contributed by atoms with Crippen LogP contribution in [0, 0.1) is 0 Å². The summed E-state index contributed by atoms with van der Waals surface area (Å²) in [6.45, 7) is 6.67. The lowest BCUT2D eigenvalue weighted by atomic mass is 10.1. The molecule has 1 aromatic heterocycles. The number of hydrogen-bond acceptors (Lipinski definition) is 5. The Morgan fingerprint density at radius 3 is 2.14 bits per heavy atom. The van der Waals surface area contributed by atoms with Crippen LogP contribution in [0.4, 0.5) is 0 Å². The van der Waals surface area contributed by atoms with E-state index in [0.717, 1.165) is 29.1 Å². The van der Waals surface area contributed by atoms with Crippen LogP contribution in [0.5, 0.6) is 11.6 Å². The topological polar surface area (TPSA) is 59.8 Å². The zero-order valence-corrected chi connectivity index (χ0v) is 21.1. The highest BCUT2D eigenvalue weighted by molar-refractivity contribution is 5.43. The molecule has 4 aromatic rings. The molecule has 4 rings (SSSR count). The van der Waals surface area contributed by atoms with E-state index < -0.39 is 6.10 Å². The summed E-state index contributed by atoms with van der Waals surface area (Å²) in [6.07, 6.45) is 0.169. The summed E-state index contributed by atoms with van der Waals surface area (Å²) in [6, 6.07) is 30.2. The van der Waals surface area contributed by atoms with Gasteiger partial charge in [-0.1, -0.05) is 73.7 Å². The molecule has 3 aromatic carbocycles. The van der Waals surface area contributed by atoms with Gasteiger partial charge in [-0.15, -0.1) is 0 Å². The molecule has 0 fully saturated rings.